The molecule has 0 radical (unpaired) electrons. The zero-order chi connectivity index (χ0) is 13.3. The zero-order valence-corrected chi connectivity index (χ0v) is 10.9. The maximum atomic E-state index is 12.2. The Morgan fingerprint density at radius 1 is 1.44 bits per heavy atom. The Bertz CT molecular complexity index is 561. The van der Waals surface area contributed by atoms with Crippen LogP contribution in [0.25, 0.3) is 0 Å². The maximum absolute atomic E-state index is 12.2. The summed E-state index contributed by atoms with van der Waals surface area (Å²) in [4.78, 5) is 9.95. The molecule has 2 heterocycles. The molecule has 0 aliphatic carbocycles. The second-order valence-electron chi connectivity index (χ2n) is 3.59. The molecule has 0 amide bonds. The van der Waals surface area contributed by atoms with E-state index in [4.69, 9.17) is 10.5 Å². The van der Waals surface area contributed by atoms with Crippen molar-refractivity contribution in [1.82, 2.24) is 4.31 Å². The van der Waals surface area contributed by atoms with Gasteiger partial charge in [-0.3, -0.25) is 10.1 Å². The van der Waals surface area contributed by atoms with Gasteiger partial charge in [0.2, 0.25) is 0 Å². The Morgan fingerprint density at radius 2 is 2.06 bits per heavy atom. The Morgan fingerprint density at radius 3 is 2.56 bits per heavy atom. The van der Waals surface area contributed by atoms with E-state index in [9.17, 15) is 18.5 Å². The van der Waals surface area contributed by atoms with Crippen molar-refractivity contribution >= 4 is 32.0 Å². The number of nitro groups is 1. The van der Waals surface area contributed by atoms with Crippen molar-refractivity contribution in [2.45, 2.75) is 4.21 Å². The summed E-state index contributed by atoms with van der Waals surface area (Å²) in [5.74, 6) is 0. The number of anilines is 1. The van der Waals surface area contributed by atoms with Gasteiger partial charge in [-0.25, -0.2) is 8.42 Å². The predicted octanol–water partition coefficient (Wildman–Crippen LogP) is 0.259. The van der Waals surface area contributed by atoms with Crippen LogP contribution in [-0.2, 0) is 14.8 Å². The average Bonchev–Trinajstić information content (AvgIpc) is 2.73. The molecule has 0 unspecified atom stereocenters. The number of nitrogens with zero attached hydrogens (tertiary/aromatic N) is 2. The number of nitrogen functional groups attached to an aromatic ring is 1. The van der Waals surface area contributed by atoms with Gasteiger partial charge in [-0.2, -0.15) is 4.31 Å². The number of hydrogen-bond donors (Lipinski definition) is 1. The van der Waals surface area contributed by atoms with Crippen molar-refractivity contribution in [3.63, 3.8) is 0 Å². The number of morpholine rings is 1. The predicted molar refractivity (Wildman–Crippen MR) is 65.0 cm³/mol. The van der Waals surface area contributed by atoms with Crippen molar-refractivity contribution in [2.24, 2.45) is 0 Å². The van der Waals surface area contributed by atoms with Gasteiger partial charge < -0.3 is 10.5 Å². The van der Waals surface area contributed by atoms with Gasteiger partial charge in [-0.05, 0) is 0 Å². The number of hydrogen-bond acceptors (Lipinski definition) is 7. The molecule has 0 bridgehead atoms. The van der Waals surface area contributed by atoms with Gasteiger partial charge in [0.1, 0.15) is 4.21 Å². The lowest BCUT2D eigenvalue weighted by Crippen LogP contribution is -2.40. The minimum atomic E-state index is -3.71. The molecule has 0 saturated carbocycles. The van der Waals surface area contributed by atoms with Crippen LogP contribution >= 0.6 is 11.3 Å². The summed E-state index contributed by atoms with van der Waals surface area (Å²) in [6.45, 7) is 1.13. The van der Waals surface area contributed by atoms with Crippen LogP contribution in [0.15, 0.2) is 10.3 Å². The van der Waals surface area contributed by atoms with E-state index in [0.717, 1.165) is 6.07 Å². The highest BCUT2D eigenvalue weighted by atomic mass is 32.2. The molecule has 0 spiro atoms. The van der Waals surface area contributed by atoms with Gasteiger partial charge in [0, 0.05) is 19.2 Å². The molecule has 2 rings (SSSR count). The van der Waals surface area contributed by atoms with Crippen LogP contribution in [-0.4, -0.2) is 43.9 Å². The number of rotatable bonds is 3. The van der Waals surface area contributed by atoms with Crippen molar-refractivity contribution in [3.8, 4) is 0 Å². The van der Waals surface area contributed by atoms with Gasteiger partial charge in [0.25, 0.3) is 10.0 Å². The largest absolute Gasteiger partial charge is 0.385 e. The summed E-state index contributed by atoms with van der Waals surface area (Å²) in [5.41, 5.74) is 5.07. The highest BCUT2D eigenvalue weighted by Crippen LogP contribution is 2.35. The van der Waals surface area contributed by atoms with Crippen LogP contribution in [0.1, 0.15) is 0 Å². The summed E-state index contributed by atoms with van der Waals surface area (Å²) >= 11 is 0.709. The second-order valence-corrected chi connectivity index (χ2v) is 6.84. The van der Waals surface area contributed by atoms with Crippen molar-refractivity contribution < 1.29 is 18.1 Å². The molecule has 1 fully saturated rings. The topological polar surface area (TPSA) is 116 Å². The molecule has 100 valence electrons. The van der Waals surface area contributed by atoms with Crippen LogP contribution in [0.3, 0.4) is 0 Å². The molecule has 18 heavy (non-hydrogen) atoms. The summed E-state index contributed by atoms with van der Waals surface area (Å²) in [7, 11) is -3.71. The lowest BCUT2D eigenvalue weighted by Gasteiger charge is -2.25. The van der Waals surface area contributed by atoms with Gasteiger partial charge in [0.15, 0.2) is 5.00 Å². The molecular formula is C8H11N3O5S2. The van der Waals surface area contributed by atoms with E-state index in [-0.39, 0.29) is 28.0 Å². The molecule has 1 aliphatic rings. The minimum absolute atomic E-state index is 0.103. The van der Waals surface area contributed by atoms with Crippen molar-refractivity contribution in [3.05, 3.63) is 16.2 Å². The zero-order valence-electron chi connectivity index (χ0n) is 9.24. The summed E-state index contributed by atoms with van der Waals surface area (Å²) in [6.07, 6.45) is 0. The minimum Gasteiger partial charge on any atom is -0.385 e. The van der Waals surface area contributed by atoms with E-state index in [0.29, 0.717) is 24.6 Å². The summed E-state index contributed by atoms with van der Waals surface area (Å²) in [5, 5.41) is 10.5. The van der Waals surface area contributed by atoms with Crippen LogP contribution in [0, 0.1) is 10.1 Å². The average molecular weight is 293 g/mol. The molecule has 0 aromatic carbocycles. The quantitative estimate of drug-likeness (QED) is 0.631. The lowest BCUT2D eigenvalue weighted by molar-refractivity contribution is -0.383. The molecule has 0 atom stereocenters. The SMILES string of the molecule is Nc1sc(S(=O)(=O)N2CCOCC2)cc1[N+](=O)[O-]. The first-order chi connectivity index (χ1) is 8.43. The standard InChI is InChI=1S/C8H11N3O5S2/c9-8-6(11(12)13)5-7(17-8)18(14,15)10-1-3-16-4-2-10/h5H,1-4,9H2. The number of thiophene rings is 1. The molecule has 1 aliphatic heterocycles. The fourth-order valence-electron chi connectivity index (χ4n) is 1.56. The number of sulfonamides is 1. The summed E-state index contributed by atoms with van der Waals surface area (Å²) in [6, 6.07) is 1.00. The Kier molecular flexibility index (Phi) is 3.52. The van der Waals surface area contributed by atoms with E-state index < -0.39 is 14.9 Å². The lowest BCUT2D eigenvalue weighted by atomic mass is 10.5. The smallest absolute Gasteiger partial charge is 0.304 e. The van der Waals surface area contributed by atoms with E-state index in [1.165, 1.54) is 4.31 Å². The van der Waals surface area contributed by atoms with Crippen LogP contribution < -0.4 is 5.73 Å². The fraction of sp³-hybridized carbons (Fsp3) is 0.500. The Balaban J connectivity index is 2.35. The Hall–Kier alpha value is -1.23. The molecule has 1 aromatic heterocycles. The second kappa shape index (κ2) is 4.80. The molecule has 1 saturated heterocycles. The molecule has 10 heteroatoms. The molecule has 8 nitrogen and oxygen atoms in total. The Labute approximate surface area is 107 Å². The molecular weight excluding hydrogens is 282 g/mol. The first-order valence-corrected chi connectivity index (χ1v) is 7.30. The van der Waals surface area contributed by atoms with Gasteiger partial charge in [-0.15, -0.1) is 0 Å². The van der Waals surface area contributed by atoms with E-state index >= 15 is 0 Å². The molecule has 1 aromatic rings. The van der Waals surface area contributed by atoms with E-state index in [1.807, 2.05) is 0 Å². The number of nitrogens with two attached hydrogens (primary N) is 1. The van der Waals surface area contributed by atoms with Crippen molar-refractivity contribution in [2.75, 3.05) is 32.0 Å². The normalized spacial score (nSPS) is 17.8. The monoisotopic (exact) mass is 293 g/mol. The first-order valence-electron chi connectivity index (χ1n) is 5.04. The summed E-state index contributed by atoms with van der Waals surface area (Å²) < 4.78 is 30.6. The van der Waals surface area contributed by atoms with Crippen LogP contribution in [0.4, 0.5) is 10.7 Å². The molecule has 2 N–H and O–H groups in total. The third kappa shape index (κ3) is 2.32. The van der Waals surface area contributed by atoms with Gasteiger partial charge in [0.05, 0.1) is 18.1 Å². The highest BCUT2D eigenvalue weighted by molar-refractivity contribution is 7.91. The third-order valence-corrected chi connectivity index (χ3v) is 5.78. The number of ether oxygens (including phenoxy) is 1. The first kappa shape index (κ1) is 13.2. The highest BCUT2D eigenvalue weighted by Gasteiger charge is 2.31. The van der Waals surface area contributed by atoms with E-state index in [1.54, 1.807) is 0 Å². The van der Waals surface area contributed by atoms with Crippen LogP contribution in [0.5, 0.6) is 0 Å². The van der Waals surface area contributed by atoms with E-state index in [2.05, 4.69) is 0 Å². The van der Waals surface area contributed by atoms with Gasteiger partial charge in [-0.1, -0.05) is 11.3 Å². The van der Waals surface area contributed by atoms with Crippen LogP contribution in [0.2, 0.25) is 0 Å². The third-order valence-electron chi connectivity index (χ3n) is 2.48. The van der Waals surface area contributed by atoms with Gasteiger partial charge >= 0.3 is 5.69 Å². The fourth-order valence-corrected chi connectivity index (χ4v) is 4.33. The maximum Gasteiger partial charge on any atom is 0.304 e. The van der Waals surface area contributed by atoms with Crippen molar-refractivity contribution in [1.29, 1.82) is 0 Å².